The first-order valence-corrected chi connectivity index (χ1v) is 8.41. The number of alkyl halides is 6. The number of carbonyl (C=O) groups excluding carboxylic acids is 1. The van der Waals surface area contributed by atoms with E-state index in [0.717, 1.165) is 0 Å². The minimum atomic E-state index is -5.42. The molecule has 2 nitrogen and oxygen atoms in total. The van der Waals surface area contributed by atoms with Gasteiger partial charge in [-0.25, -0.2) is 0 Å². The van der Waals surface area contributed by atoms with Gasteiger partial charge in [0.15, 0.2) is 0 Å². The van der Waals surface area contributed by atoms with Crippen LogP contribution in [-0.4, -0.2) is 31.3 Å². The van der Waals surface area contributed by atoms with Gasteiger partial charge in [0, 0.05) is 31.2 Å². The molecule has 3 radical (unpaired) electrons. The summed E-state index contributed by atoms with van der Waals surface area (Å²) in [7, 11) is -0.867. The summed E-state index contributed by atoms with van der Waals surface area (Å²) in [4.78, 5) is 9.86. The van der Waals surface area contributed by atoms with Gasteiger partial charge in [0.1, 0.15) is 0 Å². The monoisotopic (exact) mass is 371 g/mol. The fraction of sp³-hybridized carbons (Fsp3) is 0.500. The Morgan fingerprint density at radius 3 is 1.50 bits per heavy atom. The van der Waals surface area contributed by atoms with Crippen LogP contribution in [0.3, 0.4) is 0 Å². The largest absolute Gasteiger partial charge is 0.504 e. The minimum absolute atomic E-state index is 0. The van der Waals surface area contributed by atoms with Crippen molar-refractivity contribution in [3.8, 4) is 0 Å². The topological polar surface area (TPSA) is 37.3 Å². The van der Waals surface area contributed by atoms with Gasteiger partial charge < -0.3 is 5.11 Å². The van der Waals surface area contributed by atoms with E-state index in [1.165, 1.54) is 0 Å². The standard InChI is InChI=1S/C5H2F6O2.C5H12Si.Cu/c6-4(7,8)2(12)1-3(13)5(9,10)11;1-5-6(2,3)4;/h1,12H;5H,1H2,2-4H3;/b2-1-;;. The molecule has 0 aliphatic rings. The second-order valence-electron chi connectivity index (χ2n) is 4.46. The van der Waals surface area contributed by atoms with E-state index in [1.54, 1.807) is 0 Å². The Hall–Kier alpha value is -0.474. The summed E-state index contributed by atoms with van der Waals surface area (Å²) in [5, 5.41) is 7.93. The number of hydrogen-bond donors (Lipinski definition) is 1. The number of aliphatic hydroxyl groups is 1. The van der Waals surface area contributed by atoms with Crippen molar-refractivity contribution in [2.75, 3.05) is 0 Å². The summed E-state index contributed by atoms with van der Waals surface area (Å²) in [6, 6.07) is 2.08. The Labute approximate surface area is 124 Å². The van der Waals surface area contributed by atoms with E-state index in [-0.39, 0.29) is 17.1 Å². The molecule has 0 atom stereocenters. The third kappa shape index (κ3) is 13.9. The van der Waals surface area contributed by atoms with Gasteiger partial charge in [-0.2, -0.15) is 26.3 Å². The van der Waals surface area contributed by atoms with Gasteiger partial charge >= 0.3 is 12.4 Å². The Bertz CT molecular complexity index is 330. The molecule has 123 valence electrons. The number of aliphatic hydroxyl groups excluding tert-OH is 1. The second kappa shape index (κ2) is 8.73. The van der Waals surface area contributed by atoms with Crippen LogP contribution < -0.4 is 0 Å². The van der Waals surface area contributed by atoms with Gasteiger partial charge in [-0.3, -0.25) is 4.79 Å². The molecule has 0 aromatic heterocycles. The van der Waals surface area contributed by atoms with Crippen LogP contribution in [0, 0.1) is 13.0 Å². The quantitative estimate of drug-likeness (QED) is 0.344. The molecule has 0 amide bonds. The number of halogens is 6. The zero-order chi connectivity index (χ0) is 16.1. The molecule has 1 N–H and O–H groups in total. The van der Waals surface area contributed by atoms with Crippen molar-refractivity contribution >= 4 is 13.9 Å². The van der Waals surface area contributed by atoms with Crippen molar-refractivity contribution in [1.29, 1.82) is 0 Å². The first-order chi connectivity index (χ1) is 8.11. The maximum absolute atomic E-state index is 11.4. The fourth-order valence-electron chi connectivity index (χ4n) is 0.288. The van der Waals surface area contributed by atoms with E-state index < -0.39 is 38.0 Å². The van der Waals surface area contributed by atoms with Crippen LogP contribution in [0.2, 0.25) is 19.6 Å². The summed E-state index contributed by atoms with van der Waals surface area (Å²) < 4.78 is 68.1. The predicted molar refractivity (Wildman–Crippen MR) is 60.8 cm³/mol. The summed E-state index contributed by atoms with van der Waals surface area (Å²) >= 11 is 0. The van der Waals surface area contributed by atoms with Gasteiger partial charge in [-0.15, -0.1) is 0 Å². The van der Waals surface area contributed by atoms with Gasteiger partial charge in [0.25, 0.3) is 5.78 Å². The zero-order valence-electron chi connectivity index (χ0n) is 10.8. The third-order valence-corrected chi connectivity index (χ3v) is 2.67. The predicted octanol–water partition coefficient (Wildman–Crippen LogP) is 4.02. The van der Waals surface area contributed by atoms with Gasteiger partial charge in [0.2, 0.25) is 5.76 Å². The van der Waals surface area contributed by atoms with Gasteiger partial charge in [-0.05, 0) is 6.04 Å². The van der Waals surface area contributed by atoms with E-state index in [2.05, 4.69) is 32.6 Å². The summed E-state index contributed by atoms with van der Waals surface area (Å²) in [5.74, 6) is -5.34. The number of ketones is 1. The Balaban J connectivity index is -0.000000352. The molecule has 10 heteroatoms. The van der Waals surface area contributed by atoms with Crippen LogP contribution in [0.15, 0.2) is 11.8 Å². The molecule has 0 aliphatic heterocycles. The molecule has 20 heavy (non-hydrogen) atoms. The van der Waals surface area contributed by atoms with E-state index >= 15 is 0 Å². The number of carbonyl (C=O) groups is 1. The SMILES string of the molecule is O=C(/C=C(\O)C(F)(F)F)C(F)(F)F.[CH2][CH][Si](C)(C)C.[Cu]. The average Bonchev–Trinajstić information content (AvgIpc) is 2.14. The van der Waals surface area contributed by atoms with Crippen LogP contribution in [-0.2, 0) is 21.9 Å². The Morgan fingerprint density at radius 2 is 1.35 bits per heavy atom. The third-order valence-electron chi connectivity index (χ3n) is 1.45. The van der Waals surface area contributed by atoms with Crippen molar-refractivity contribution in [2.24, 2.45) is 0 Å². The van der Waals surface area contributed by atoms with E-state index in [9.17, 15) is 31.1 Å². The number of allylic oxidation sites excluding steroid dienone is 2. The maximum Gasteiger partial charge on any atom is 0.454 e. The summed E-state index contributed by atoms with van der Waals surface area (Å²) in [5.41, 5.74) is 0. The Morgan fingerprint density at radius 1 is 1.05 bits per heavy atom. The molecule has 0 unspecified atom stereocenters. The molecular formula is C10H14CuF6O2Si. The van der Waals surface area contributed by atoms with E-state index in [1.807, 2.05) is 0 Å². The smallest absolute Gasteiger partial charge is 0.454 e. The molecule has 0 heterocycles. The van der Waals surface area contributed by atoms with Crippen LogP contribution in [0.25, 0.3) is 0 Å². The number of rotatable bonds is 2. The molecule has 0 aromatic carbocycles. The van der Waals surface area contributed by atoms with Gasteiger partial charge in [0.05, 0.1) is 0 Å². The van der Waals surface area contributed by atoms with Crippen LogP contribution in [0.5, 0.6) is 0 Å². The van der Waals surface area contributed by atoms with Crippen LogP contribution >= 0.6 is 0 Å². The molecular weight excluding hydrogens is 358 g/mol. The maximum atomic E-state index is 11.4. The van der Waals surface area contributed by atoms with Crippen molar-refractivity contribution in [3.63, 3.8) is 0 Å². The van der Waals surface area contributed by atoms with Crippen LogP contribution in [0.4, 0.5) is 26.3 Å². The summed E-state index contributed by atoms with van der Waals surface area (Å²) in [6.07, 6.45) is -11.7. The minimum Gasteiger partial charge on any atom is -0.504 e. The summed E-state index contributed by atoms with van der Waals surface area (Å²) in [6.45, 7) is 10.5. The zero-order valence-corrected chi connectivity index (χ0v) is 12.7. The number of hydrogen-bond acceptors (Lipinski definition) is 2. The fourth-order valence-corrected chi connectivity index (χ4v) is 0.288. The molecule has 0 aromatic rings. The van der Waals surface area contributed by atoms with Crippen molar-refractivity contribution < 1.29 is 53.3 Å². The molecule has 0 saturated carbocycles. The Kier molecular flexibility index (Phi) is 10.7. The first kappa shape index (κ1) is 24.5. The van der Waals surface area contributed by atoms with Crippen molar-refractivity contribution in [1.82, 2.24) is 0 Å². The second-order valence-corrected chi connectivity index (χ2v) is 9.60. The first-order valence-electron chi connectivity index (χ1n) is 4.84. The molecule has 0 spiro atoms. The molecule has 0 saturated heterocycles. The van der Waals surface area contributed by atoms with Crippen molar-refractivity contribution in [3.05, 3.63) is 24.8 Å². The van der Waals surface area contributed by atoms with Crippen molar-refractivity contribution in [2.45, 2.75) is 32.0 Å². The molecule has 0 bridgehead atoms. The average molecular weight is 372 g/mol. The van der Waals surface area contributed by atoms with E-state index in [4.69, 9.17) is 5.11 Å². The van der Waals surface area contributed by atoms with Gasteiger partial charge in [-0.1, -0.05) is 26.6 Å². The van der Waals surface area contributed by atoms with Crippen LogP contribution in [0.1, 0.15) is 0 Å². The van der Waals surface area contributed by atoms with E-state index in [0.29, 0.717) is 0 Å². The normalized spacial score (nSPS) is 13.0. The molecule has 0 aliphatic carbocycles. The molecule has 0 fully saturated rings. The molecule has 0 rings (SSSR count).